The van der Waals surface area contributed by atoms with E-state index in [1.54, 1.807) is 0 Å². The monoisotopic (exact) mass is 127 g/mol. The van der Waals surface area contributed by atoms with E-state index in [4.69, 9.17) is 5.73 Å². The van der Waals surface area contributed by atoms with Crippen molar-refractivity contribution in [3.05, 3.63) is 11.6 Å². The van der Waals surface area contributed by atoms with Crippen LogP contribution >= 0.6 is 0 Å². The van der Waals surface area contributed by atoms with E-state index in [2.05, 4.69) is 26.8 Å². The van der Waals surface area contributed by atoms with E-state index < -0.39 is 0 Å². The molecule has 0 aromatic heterocycles. The van der Waals surface area contributed by atoms with Crippen LogP contribution in [0.25, 0.3) is 0 Å². The van der Waals surface area contributed by atoms with Gasteiger partial charge in [-0.15, -0.1) is 0 Å². The predicted octanol–water partition coefficient (Wildman–Crippen LogP) is 1.94. The highest BCUT2D eigenvalue weighted by molar-refractivity contribution is 4.98. The van der Waals surface area contributed by atoms with Crippen molar-refractivity contribution in [1.29, 1.82) is 0 Å². The summed E-state index contributed by atoms with van der Waals surface area (Å²) in [6.07, 6.45) is 3.26. The van der Waals surface area contributed by atoms with Crippen LogP contribution in [-0.4, -0.2) is 6.54 Å². The van der Waals surface area contributed by atoms with Crippen molar-refractivity contribution in [1.82, 2.24) is 0 Å². The molecule has 2 N–H and O–H groups in total. The van der Waals surface area contributed by atoms with Crippen LogP contribution in [-0.2, 0) is 0 Å². The predicted molar refractivity (Wildman–Crippen MR) is 42.3 cm³/mol. The second kappa shape index (κ2) is 4.57. The Morgan fingerprint density at radius 2 is 2.11 bits per heavy atom. The van der Waals surface area contributed by atoms with E-state index in [9.17, 15) is 0 Å². The van der Waals surface area contributed by atoms with Crippen molar-refractivity contribution in [2.45, 2.75) is 27.2 Å². The second-order valence-corrected chi connectivity index (χ2v) is 2.88. The van der Waals surface area contributed by atoms with Crippen LogP contribution in [0, 0.1) is 5.92 Å². The Hall–Kier alpha value is -0.300. The first-order chi connectivity index (χ1) is 4.16. The molecule has 0 fully saturated rings. The van der Waals surface area contributed by atoms with Crippen LogP contribution in [0.1, 0.15) is 27.2 Å². The Morgan fingerprint density at radius 1 is 1.56 bits per heavy atom. The molecule has 0 aliphatic heterocycles. The molecule has 0 bridgehead atoms. The number of rotatable bonds is 3. The molecule has 0 aliphatic carbocycles. The molecule has 9 heavy (non-hydrogen) atoms. The summed E-state index contributed by atoms with van der Waals surface area (Å²) in [5, 5.41) is 0. The zero-order valence-corrected chi connectivity index (χ0v) is 6.65. The van der Waals surface area contributed by atoms with Gasteiger partial charge in [-0.25, -0.2) is 0 Å². The van der Waals surface area contributed by atoms with Crippen molar-refractivity contribution in [3.63, 3.8) is 0 Å². The van der Waals surface area contributed by atoms with Crippen molar-refractivity contribution in [2.75, 3.05) is 6.54 Å². The lowest BCUT2D eigenvalue weighted by Gasteiger charge is -2.02. The van der Waals surface area contributed by atoms with Gasteiger partial charge in [-0.3, -0.25) is 0 Å². The minimum Gasteiger partial charge on any atom is -0.327 e. The third kappa shape index (κ3) is 5.57. The van der Waals surface area contributed by atoms with Gasteiger partial charge in [-0.05, 0) is 19.3 Å². The zero-order valence-electron chi connectivity index (χ0n) is 6.65. The first-order valence-corrected chi connectivity index (χ1v) is 3.52. The lowest BCUT2D eigenvalue weighted by Crippen LogP contribution is -1.96. The summed E-state index contributed by atoms with van der Waals surface area (Å²) in [6.45, 7) is 7.24. The van der Waals surface area contributed by atoms with Gasteiger partial charge < -0.3 is 5.73 Å². The van der Waals surface area contributed by atoms with E-state index in [-0.39, 0.29) is 0 Å². The number of hydrogen-bond donors (Lipinski definition) is 1. The van der Waals surface area contributed by atoms with Crippen LogP contribution < -0.4 is 5.73 Å². The minimum atomic E-state index is 0.679. The third-order valence-electron chi connectivity index (χ3n) is 1.20. The Labute approximate surface area is 57.9 Å². The van der Waals surface area contributed by atoms with Crippen molar-refractivity contribution in [3.8, 4) is 0 Å². The Bertz CT molecular complexity index is 92.7. The Kier molecular flexibility index (Phi) is 4.41. The van der Waals surface area contributed by atoms with Crippen molar-refractivity contribution >= 4 is 0 Å². The van der Waals surface area contributed by atoms with E-state index in [0.29, 0.717) is 6.54 Å². The first kappa shape index (κ1) is 8.70. The maximum atomic E-state index is 5.33. The number of hydrogen-bond acceptors (Lipinski definition) is 1. The molecule has 0 aromatic carbocycles. The molecule has 0 saturated carbocycles. The van der Waals surface area contributed by atoms with E-state index in [1.165, 1.54) is 12.0 Å². The van der Waals surface area contributed by atoms with Crippen LogP contribution in [0.4, 0.5) is 0 Å². The van der Waals surface area contributed by atoms with Gasteiger partial charge in [0.25, 0.3) is 0 Å². The molecule has 1 heteroatoms. The van der Waals surface area contributed by atoms with E-state index >= 15 is 0 Å². The number of allylic oxidation sites excluding steroid dienone is 1. The lowest BCUT2D eigenvalue weighted by atomic mass is 10.0. The summed E-state index contributed by atoms with van der Waals surface area (Å²) in [5.74, 6) is 0.757. The summed E-state index contributed by atoms with van der Waals surface area (Å²) in [5.41, 5.74) is 6.74. The molecule has 0 rings (SSSR count). The SMILES string of the molecule is C/C(=C/CN)CC(C)C. The fourth-order valence-corrected chi connectivity index (χ4v) is 0.928. The third-order valence-corrected chi connectivity index (χ3v) is 1.20. The van der Waals surface area contributed by atoms with Gasteiger partial charge in [0, 0.05) is 6.54 Å². The lowest BCUT2D eigenvalue weighted by molar-refractivity contribution is 0.641. The summed E-state index contributed by atoms with van der Waals surface area (Å²) in [6, 6.07) is 0. The molecule has 1 nitrogen and oxygen atoms in total. The van der Waals surface area contributed by atoms with Crippen LogP contribution in [0.2, 0.25) is 0 Å². The Balaban J connectivity index is 3.49. The topological polar surface area (TPSA) is 26.0 Å². The smallest absolute Gasteiger partial charge is 0.0109 e. The molecule has 0 radical (unpaired) electrons. The summed E-state index contributed by atoms with van der Waals surface area (Å²) in [4.78, 5) is 0. The summed E-state index contributed by atoms with van der Waals surface area (Å²) < 4.78 is 0. The molecule has 0 amide bonds. The molecule has 0 atom stereocenters. The number of nitrogens with two attached hydrogens (primary N) is 1. The molecule has 0 heterocycles. The molecule has 0 unspecified atom stereocenters. The fourth-order valence-electron chi connectivity index (χ4n) is 0.928. The molecular weight excluding hydrogens is 110 g/mol. The Morgan fingerprint density at radius 3 is 2.44 bits per heavy atom. The molecule has 0 spiro atoms. The highest BCUT2D eigenvalue weighted by Gasteiger charge is 1.92. The van der Waals surface area contributed by atoms with Crippen LogP contribution in [0.3, 0.4) is 0 Å². The quantitative estimate of drug-likeness (QED) is 0.576. The van der Waals surface area contributed by atoms with Crippen LogP contribution in [0.15, 0.2) is 11.6 Å². The molecule has 0 aromatic rings. The van der Waals surface area contributed by atoms with Crippen LogP contribution in [0.5, 0.6) is 0 Å². The highest BCUT2D eigenvalue weighted by atomic mass is 14.5. The molecule has 0 saturated heterocycles. The van der Waals surface area contributed by atoms with E-state index in [1.807, 2.05) is 0 Å². The highest BCUT2D eigenvalue weighted by Crippen LogP contribution is 2.08. The summed E-state index contributed by atoms with van der Waals surface area (Å²) in [7, 11) is 0. The van der Waals surface area contributed by atoms with Crippen molar-refractivity contribution < 1.29 is 0 Å². The van der Waals surface area contributed by atoms with Gasteiger partial charge >= 0.3 is 0 Å². The van der Waals surface area contributed by atoms with E-state index in [0.717, 1.165) is 5.92 Å². The van der Waals surface area contributed by atoms with Gasteiger partial charge in [0.1, 0.15) is 0 Å². The first-order valence-electron chi connectivity index (χ1n) is 3.52. The summed E-state index contributed by atoms with van der Waals surface area (Å²) >= 11 is 0. The van der Waals surface area contributed by atoms with Gasteiger partial charge in [0.2, 0.25) is 0 Å². The van der Waals surface area contributed by atoms with Crippen molar-refractivity contribution in [2.24, 2.45) is 11.7 Å². The molecule has 54 valence electrons. The average molecular weight is 127 g/mol. The second-order valence-electron chi connectivity index (χ2n) is 2.88. The maximum Gasteiger partial charge on any atom is 0.0109 e. The average Bonchev–Trinajstić information content (AvgIpc) is 1.63. The molecular formula is C8H17N. The van der Waals surface area contributed by atoms with Gasteiger partial charge in [-0.2, -0.15) is 0 Å². The van der Waals surface area contributed by atoms with Gasteiger partial charge in [0.05, 0.1) is 0 Å². The molecule has 0 aliphatic rings. The standard InChI is InChI=1S/C8H17N/c1-7(2)6-8(3)4-5-9/h4,7H,5-6,9H2,1-3H3/b8-4-. The zero-order chi connectivity index (χ0) is 7.28. The fraction of sp³-hybridized carbons (Fsp3) is 0.750. The van der Waals surface area contributed by atoms with Gasteiger partial charge in [0.15, 0.2) is 0 Å². The maximum absolute atomic E-state index is 5.33. The largest absolute Gasteiger partial charge is 0.327 e. The normalized spacial score (nSPS) is 12.8. The van der Waals surface area contributed by atoms with Gasteiger partial charge in [-0.1, -0.05) is 25.5 Å². The minimum absolute atomic E-state index is 0.679.